The van der Waals surface area contributed by atoms with E-state index in [9.17, 15) is 9.59 Å². The van der Waals surface area contributed by atoms with Gasteiger partial charge in [-0.25, -0.2) is 0 Å². The molecule has 10 heteroatoms. The van der Waals surface area contributed by atoms with Crippen molar-refractivity contribution in [1.82, 2.24) is 25.2 Å². The van der Waals surface area contributed by atoms with Gasteiger partial charge in [-0.05, 0) is 55.3 Å². The first-order valence-electron chi connectivity index (χ1n) is 12.8. The molecule has 5 heterocycles. The number of piperidine rings is 1. The number of carbonyl (C=O) groups is 2. The summed E-state index contributed by atoms with van der Waals surface area (Å²) in [7, 11) is 0. The summed E-state index contributed by atoms with van der Waals surface area (Å²) in [5.74, 6) is 2.61. The maximum Gasteiger partial charge on any atom is 0.289 e. The number of carbonyl (C=O) groups excluding carboxylic acids is 2. The number of ether oxygens (including phenoxy) is 1. The van der Waals surface area contributed by atoms with Gasteiger partial charge in [0.15, 0.2) is 5.76 Å². The average Bonchev–Trinajstić information content (AvgIpc) is 3.57. The zero-order chi connectivity index (χ0) is 25.7. The number of aromatic nitrogens is 3. The van der Waals surface area contributed by atoms with Crippen LogP contribution >= 0.6 is 11.8 Å². The SMILES string of the molecule is CSCc1ccc(C(=O)N2CCC3(CC2)Cc2cn(nn2)CCCOc2ccc(cc2)CCNC3=O)o1. The number of benzene rings is 1. The Balaban J connectivity index is 1.31. The quantitative estimate of drug-likeness (QED) is 0.562. The molecule has 4 bridgehead atoms. The monoisotopic (exact) mass is 523 g/mol. The minimum atomic E-state index is -0.647. The van der Waals surface area contributed by atoms with Crippen molar-refractivity contribution in [2.75, 3.05) is 32.5 Å². The summed E-state index contributed by atoms with van der Waals surface area (Å²) in [5.41, 5.74) is 1.29. The smallest absolute Gasteiger partial charge is 0.289 e. The van der Waals surface area contributed by atoms with Crippen LogP contribution < -0.4 is 10.1 Å². The van der Waals surface area contributed by atoms with Crippen molar-refractivity contribution in [1.29, 1.82) is 0 Å². The number of thioether (sulfide) groups is 1. The Bertz CT molecular complexity index is 1210. The summed E-state index contributed by atoms with van der Waals surface area (Å²) < 4.78 is 13.4. The Hall–Kier alpha value is -3.27. The summed E-state index contributed by atoms with van der Waals surface area (Å²) in [4.78, 5) is 28.5. The van der Waals surface area contributed by atoms with Gasteiger partial charge in [0, 0.05) is 45.2 Å². The molecule has 0 radical (unpaired) electrons. The van der Waals surface area contributed by atoms with Crippen molar-refractivity contribution in [3.8, 4) is 5.75 Å². The first-order valence-corrected chi connectivity index (χ1v) is 14.2. The number of nitrogens with zero attached hydrogens (tertiary/aromatic N) is 4. The molecule has 0 unspecified atom stereocenters. The first-order chi connectivity index (χ1) is 18.0. The number of furan rings is 1. The molecular weight excluding hydrogens is 490 g/mol. The minimum Gasteiger partial charge on any atom is -0.494 e. The first kappa shape index (κ1) is 25.4. The number of hydrogen-bond donors (Lipinski definition) is 1. The number of nitrogens with one attached hydrogen (secondary N) is 1. The van der Waals surface area contributed by atoms with Gasteiger partial charge < -0.3 is 19.4 Å². The number of fused-ring (bicyclic) bond motifs is 8. The molecule has 6 rings (SSSR count). The second-order valence-corrected chi connectivity index (χ2v) is 10.6. The van der Waals surface area contributed by atoms with Crippen molar-refractivity contribution < 1.29 is 18.7 Å². The molecule has 2 amide bonds. The standard InChI is InChI=1S/C27H33N5O4S/c1-37-19-23-7-8-24(36-23)25(33)31-14-10-27(11-15-31)17-21-18-32(30-29-21)13-2-16-35-22-5-3-20(4-6-22)9-12-28-26(27)34/h3-8,18H,2,9-17,19H2,1H3,(H,28,34). The Labute approximate surface area is 220 Å². The van der Waals surface area contributed by atoms with Gasteiger partial charge in [0.05, 0.1) is 23.5 Å². The number of aryl methyl sites for hydroxylation is 1. The van der Waals surface area contributed by atoms with E-state index in [1.165, 1.54) is 0 Å². The normalized spacial score (nSPS) is 18.3. The van der Waals surface area contributed by atoms with Crippen molar-refractivity contribution >= 4 is 23.6 Å². The fraction of sp³-hybridized carbons (Fsp3) is 0.481. The summed E-state index contributed by atoms with van der Waals surface area (Å²) in [6.45, 7) is 2.79. The number of likely N-dealkylation sites (tertiary alicyclic amines) is 1. The van der Waals surface area contributed by atoms with E-state index in [1.54, 1.807) is 22.7 Å². The van der Waals surface area contributed by atoms with E-state index < -0.39 is 5.41 Å². The second kappa shape index (κ2) is 11.4. The zero-order valence-electron chi connectivity index (χ0n) is 21.1. The number of hydrogen-bond acceptors (Lipinski definition) is 7. The van der Waals surface area contributed by atoms with E-state index in [4.69, 9.17) is 9.15 Å². The van der Waals surface area contributed by atoms with Gasteiger partial charge in [-0.2, -0.15) is 11.8 Å². The molecule has 3 aromatic rings. The molecule has 0 saturated carbocycles. The molecule has 1 saturated heterocycles. The Morgan fingerprint density at radius 3 is 2.73 bits per heavy atom. The molecule has 37 heavy (non-hydrogen) atoms. The van der Waals surface area contributed by atoms with Crippen LogP contribution in [0.5, 0.6) is 5.75 Å². The third-order valence-electron chi connectivity index (χ3n) is 7.18. The molecule has 3 aliphatic heterocycles. The summed E-state index contributed by atoms with van der Waals surface area (Å²) >= 11 is 1.65. The van der Waals surface area contributed by atoms with Crippen LogP contribution in [0.4, 0.5) is 0 Å². The maximum absolute atomic E-state index is 13.6. The molecule has 1 spiro atoms. The topological polar surface area (TPSA) is 102 Å². The minimum absolute atomic E-state index is 0.0127. The van der Waals surface area contributed by atoms with Gasteiger partial charge >= 0.3 is 0 Å². The Morgan fingerprint density at radius 1 is 1.14 bits per heavy atom. The molecule has 9 nitrogen and oxygen atoms in total. The molecule has 0 atom stereocenters. The Kier molecular flexibility index (Phi) is 7.83. The van der Waals surface area contributed by atoms with Gasteiger partial charge in [-0.1, -0.05) is 17.3 Å². The van der Waals surface area contributed by atoms with Crippen LogP contribution in [0.1, 0.15) is 46.8 Å². The largest absolute Gasteiger partial charge is 0.494 e. The van der Waals surface area contributed by atoms with Crippen LogP contribution in [0, 0.1) is 5.41 Å². The highest BCUT2D eigenvalue weighted by Crippen LogP contribution is 2.36. The Morgan fingerprint density at radius 2 is 1.95 bits per heavy atom. The summed E-state index contributed by atoms with van der Waals surface area (Å²) in [6.07, 6.45) is 7.06. The van der Waals surface area contributed by atoms with Crippen LogP contribution in [0.3, 0.4) is 0 Å². The lowest BCUT2D eigenvalue weighted by molar-refractivity contribution is -0.133. The lowest BCUT2D eigenvalue weighted by atomic mass is 9.74. The van der Waals surface area contributed by atoms with Crippen molar-refractivity contribution in [3.63, 3.8) is 0 Å². The third kappa shape index (κ3) is 6.01. The van der Waals surface area contributed by atoms with E-state index in [2.05, 4.69) is 15.6 Å². The van der Waals surface area contributed by atoms with Gasteiger partial charge in [0.1, 0.15) is 11.5 Å². The van der Waals surface area contributed by atoms with Crippen molar-refractivity contribution in [2.24, 2.45) is 5.41 Å². The molecule has 3 aliphatic rings. The number of rotatable bonds is 3. The van der Waals surface area contributed by atoms with Gasteiger partial charge in [-0.15, -0.1) is 5.10 Å². The molecule has 1 fully saturated rings. The highest BCUT2D eigenvalue weighted by molar-refractivity contribution is 7.97. The third-order valence-corrected chi connectivity index (χ3v) is 7.75. The lowest BCUT2D eigenvalue weighted by Gasteiger charge is -2.40. The van der Waals surface area contributed by atoms with Crippen LogP contribution in [0.25, 0.3) is 0 Å². The highest BCUT2D eigenvalue weighted by atomic mass is 32.2. The van der Waals surface area contributed by atoms with E-state index in [0.717, 1.165) is 41.4 Å². The van der Waals surface area contributed by atoms with Gasteiger partial charge in [-0.3, -0.25) is 14.3 Å². The van der Waals surface area contributed by atoms with Crippen LogP contribution in [-0.2, 0) is 29.9 Å². The second-order valence-electron chi connectivity index (χ2n) is 9.77. The van der Waals surface area contributed by atoms with E-state index in [0.29, 0.717) is 57.8 Å². The average molecular weight is 524 g/mol. The fourth-order valence-corrected chi connectivity index (χ4v) is 5.48. The van der Waals surface area contributed by atoms with Crippen molar-refractivity contribution in [3.05, 3.63) is 65.4 Å². The van der Waals surface area contributed by atoms with E-state index in [1.807, 2.05) is 47.5 Å². The maximum atomic E-state index is 13.6. The zero-order valence-corrected chi connectivity index (χ0v) is 22.0. The van der Waals surface area contributed by atoms with Gasteiger partial charge in [0.25, 0.3) is 5.91 Å². The molecule has 2 aromatic heterocycles. The van der Waals surface area contributed by atoms with Crippen LogP contribution in [0.15, 0.2) is 47.0 Å². The molecule has 1 aromatic carbocycles. The molecular formula is C27H33N5O4S. The number of amides is 2. The van der Waals surface area contributed by atoms with Crippen LogP contribution in [0.2, 0.25) is 0 Å². The van der Waals surface area contributed by atoms with E-state index >= 15 is 0 Å². The molecule has 1 N–H and O–H groups in total. The lowest BCUT2D eigenvalue weighted by Crippen LogP contribution is -2.51. The highest BCUT2D eigenvalue weighted by Gasteiger charge is 2.43. The van der Waals surface area contributed by atoms with Gasteiger partial charge in [0.2, 0.25) is 5.91 Å². The summed E-state index contributed by atoms with van der Waals surface area (Å²) in [5, 5.41) is 11.8. The van der Waals surface area contributed by atoms with Crippen molar-refractivity contribution in [2.45, 2.75) is 44.4 Å². The summed E-state index contributed by atoms with van der Waals surface area (Å²) in [6, 6.07) is 11.6. The van der Waals surface area contributed by atoms with E-state index in [-0.39, 0.29) is 11.8 Å². The van der Waals surface area contributed by atoms with Crippen LogP contribution in [-0.4, -0.2) is 64.2 Å². The molecule has 0 aliphatic carbocycles. The molecule has 196 valence electrons. The predicted molar refractivity (Wildman–Crippen MR) is 140 cm³/mol. The fourth-order valence-electron chi connectivity index (χ4n) is 5.04. The predicted octanol–water partition coefficient (Wildman–Crippen LogP) is 3.34.